The lowest BCUT2D eigenvalue weighted by atomic mass is 9.49. The van der Waals surface area contributed by atoms with Gasteiger partial charge in [-0.15, -0.1) is 0 Å². The van der Waals surface area contributed by atoms with Gasteiger partial charge in [0.05, 0.1) is 6.42 Å². The maximum atomic E-state index is 12.4. The fraction of sp³-hybridized carbons (Fsp3) is 0.636. The molecule has 0 aliphatic heterocycles. The Bertz CT molecular complexity index is 689. The van der Waals surface area contributed by atoms with Crippen LogP contribution in [0.5, 0.6) is 0 Å². The van der Waals surface area contributed by atoms with E-state index in [4.69, 9.17) is 4.74 Å². The summed E-state index contributed by atoms with van der Waals surface area (Å²) in [5.74, 6) is 1.99. The molecule has 5 rings (SSSR count). The first kappa shape index (κ1) is 17.6. The number of rotatable bonds is 5. The third-order valence-corrected chi connectivity index (χ3v) is 6.72. The maximum absolute atomic E-state index is 12.4. The van der Waals surface area contributed by atoms with Gasteiger partial charge in [-0.05, 0) is 92.7 Å². The molecular weight excluding hydrogens is 326 g/mol. The summed E-state index contributed by atoms with van der Waals surface area (Å²) in [5, 5.41) is 2.85. The van der Waals surface area contributed by atoms with Gasteiger partial charge in [-0.1, -0.05) is 12.1 Å². The van der Waals surface area contributed by atoms with E-state index in [1.165, 1.54) is 38.5 Å². The van der Waals surface area contributed by atoms with Crippen LogP contribution in [-0.4, -0.2) is 18.5 Å². The molecule has 26 heavy (non-hydrogen) atoms. The third-order valence-electron chi connectivity index (χ3n) is 6.72. The number of carbonyl (C=O) groups is 2. The van der Waals surface area contributed by atoms with Gasteiger partial charge >= 0.3 is 5.97 Å². The zero-order chi connectivity index (χ0) is 18.3. The van der Waals surface area contributed by atoms with Crippen LogP contribution in [0.25, 0.3) is 0 Å². The number of aryl methyl sites for hydroxylation is 2. The predicted octanol–water partition coefficient (Wildman–Crippen LogP) is 4.39. The summed E-state index contributed by atoms with van der Waals surface area (Å²) in [7, 11) is 0. The van der Waals surface area contributed by atoms with E-state index in [-0.39, 0.29) is 23.9 Å². The van der Waals surface area contributed by atoms with Gasteiger partial charge < -0.3 is 10.1 Å². The summed E-state index contributed by atoms with van der Waals surface area (Å²) >= 11 is 0. The normalized spacial score (nSPS) is 31.7. The number of benzene rings is 1. The Morgan fingerprint density at radius 3 is 2.31 bits per heavy atom. The lowest BCUT2D eigenvalue weighted by Crippen LogP contribution is -2.47. The van der Waals surface area contributed by atoms with Crippen LogP contribution in [0.1, 0.15) is 56.1 Å². The van der Waals surface area contributed by atoms with Crippen molar-refractivity contribution in [1.29, 1.82) is 0 Å². The molecule has 4 aliphatic rings. The van der Waals surface area contributed by atoms with Gasteiger partial charge in [-0.2, -0.15) is 0 Å². The van der Waals surface area contributed by atoms with Crippen molar-refractivity contribution in [3.63, 3.8) is 0 Å². The topological polar surface area (TPSA) is 55.4 Å². The van der Waals surface area contributed by atoms with Crippen LogP contribution in [0.4, 0.5) is 5.69 Å². The molecule has 0 unspecified atom stereocenters. The van der Waals surface area contributed by atoms with Gasteiger partial charge in [0.2, 0.25) is 0 Å². The van der Waals surface area contributed by atoms with E-state index in [0.29, 0.717) is 6.42 Å². The molecule has 1 amide bonds. The monoisotopic (exact) mass is 355 g/mol. The van der Waals surface area contributed by atoms with E-state index in [1.54, 1.807) is 0 Å². The van der Waals surface area contributed by atoms with Gasteiger partial charge in [0.15, 0.2) is 6.61 Å². The lowest BCUT2D eigenvalue weighted by Gasteiger charge is -2.56. The van der Waals surface area contributed by atoms with E-state index in [1.807, 2.05) is 32.0 Å². The highest BCUT2D eigenvalue weighted by Gasteiger charge is 2.51. The minimum absolute atomic E-state index is 0.162. The first-order valence-corrected chi connectivity index (χ1v) is 9.93. The third kappa shape index (κ3) is 3.65. The Morgan fingerprint density at radius 1 is 1.08 bits per heavy atom. The minimum Gasteiger partial charge on any atom is -0.456 e. The van der Waals surface area contributed by atoms with E-state index in [9.17, 15) is 9.59 Å². The average molecular weight is 355 g/mol. The summed E-state index contributed by atoms with van der Waals surface area (Å²) in [6.07, 6.45) is 8.15. The van der Waals surface area contributed by atoms with Crippen LogP contribution < -0.4 is 5.32 Å². The number of esters is 1. The summed E-state index contributed by atoms with van der Waals surface area (Å²) in [4.78, 5) is 24.6. The standard InChI is InChI=1S/C22H29NO3/c1-14-3-4-15(2)19(5-14)23-20(24)13-26-21(25)12-22-9-16-6-17(10-22)8-18(7-16)11-22/h3-5,16-18H,6-13H2,1-2H3,(H,23,24). The molecule has 4 heteroatoms. The largest absolute Gasteiger partial charge is 0.456 e. The number of hydrogen-bond donors (Lipinski definition) is 1. The molecule has 4 fully saturated rings. The van der Waals surface area contributed by atoms with Crippen molar-refractivity contribution >= 4 is 17.6 Å². The summed E-state index contributed by atoms with van der Waals surface area (Å²) in [6.45, 7) is 3.74. The fourth-order valence-corrected chi connectivity index (χ4v) is 6.07. The van der Waals surface area contributed by atoms with Gasteiger partial charge in [0.25, 0.3) is 5.91 Å². The molecule has 4 aliphatic carbocycles. The minimum atomic E-state index is -0.266. The first-order chi connectivity index (χ1) is 12.4. The van der Waals surface area contributed by atoms with Gasteiger partial charge in [0, 0.05) is 5.69 Å². The van der Waals surface area contributed by atoms with Crippen LogP contribution >= 0.6 is 0 Å². The van der Waals surface area contributed by atoms with Crippen LogP contribution in [0.3, 0.4) is 0 Å². The highest BCUT2D eigenvalue weighted by Crippen LogP contribution is 2.61. The molecule has 1 aromatic carbocycles. The van der Waals surface area contributed by atoms with Gasteiger partial charge in [-0.3, -0.25) is 9.59 Å². The molecule has 0 radical (unpaired) electrons. The van der Waals surface area contributed by atoms with Crippen molar-refractivity contribution in [3.05, 3.63) is 29.3 Å². The number of ether oxygens (including phenoxy) is 1. The number of anilines is 1. The molecule has 1 N–H and O–H groups in total. The van der Waals surface area contributed by atoms with Crippen LogP contribution in [0.15, 0.2) is 18.2 Å². The highest BCUT2D eigenvalue weighted by atomic mass is 16.5. The van der Waals surface area contributed by atoms with Gasteiger partial charge in [-0.25, -0.2) is 0 Å². The van der Waals surface area contributed by atoms with Gasteiger partial charge in [0.1, 0.15) is 0 Å². The zero-order valence-electron chi connectivity index (χ0n) is 15.8. The van der Waals surface area contributed by atoms with Crippen molar-refractivity contribution in [2.75, 3.05) is 11.9 Å². The molecule has 0 saturated heterocycles. The van der Waals surface area contributed by atoms with E-state index < -0.39 is 0 Å². The molecular formula is C22H29NO3. The zero-order valence-corrected chi connectivity index (χ0v) is 15.8. The number of carbonyl (C=O) groups excluding carboxylic acids is 2. The van der Waals surface area contributed by atoms with Crippen molar-refractivity contribution < 1.29 is 14.3 Å². The van der Waals surface area contributed by atoms with Crippen molar-refractivity contribution in [1.82, 2.24) is 0 Å². The number of amides is 1. The molecule has 140 valence electrons. The summed E-state index contributed by atoms with van der Waals surface area (Å²) in [6, 6.07) is 5.92. The molecule has 0 aromatic heterocycles. The highest BCUT2D eigenvalue weighted by molar-refractivity contribution is 5.93. The van der Waals surface area contributed by atoms with Crippen LogP contribution in [0, 0.1) is 37.0 Å². The quantitative estimate of drug-likeness (QED) is 0.797. The smallest absolute Gasteiger partial charge is 0.306 e. The fourth-order valence-electron chi connectivity index (χ4n) is 6.07. The molecule has 4 saturated carbocycles. The van der Waals surface area contributed by atoms with E-state index in [2.05, 4.69) is 5.32 Å². The molecule has 1 aromatic rings. The van der Waals surface area contributed by atoms with E-state index in [0.717, 1.165) is 34.6 Å². The summed E-state index contributed by atoms with van der Waals surface area (Å²) < 4.78 is 5.33. The lowest BCUT2D eigenvalue weighted by molar-refractivity contribution is -0.154. The number of nitrogens with one attached hydrogen (secondary N) is 1. The summed E-state index contributed by atoms with van der Waals surface area (Å²) in [5.41, 5.74) is 3.04. The van der Waals surface area contributed by atoms with Crippen molar-refractivity contribution in [2.45, 2.75) is 58.8 Å². The Balaban J connectivity index is 1.29. The first-order valence-electron chi connectivity index (χ1n) is 9.93. The Morgan fingerprint density at radius 2 is 1.69 bits per heavy atom. The Labute approximate surface area is 155 Å². The SMILES string of the molecule is Cc1ccc(C)c(NC(=O)COC(=O)CC23CC4CC(CC(C4)C2)C3)c1. The Hall–Kier alpha value is -1.84. The number of hydrogen-bond acceptors (Lipinski definition) is 3. The van der Waals surface area contributed by atoms with E-state index >= 15 is 0 Å². The average Bonchev–Trinajstić information content (AvgIpc) is 2.55. The molecule has 0 atom stereocenters. The second-order valence-corrected chi connectivity index (χ2v) is 9.12. The molecule has 4 nitrogen and oxygen atoms in total. The van der Waals surface area contributed by atoms with Crippen molar-refractivity contribution in [2.24, 2.45) is 23.2 Å². The molecule has 4 bridgehead atoms. The molecule has 0 spiro atoms. The predicted molar refractivity (Wildman–Crippen MR) is 101 cm³/mol. The Kier molecular flexibility index (Phi) is 4.54. The van der Waals surface area contributed by atoms with Crippen LogP contribution in [0.2, 0.25) is 0 Å². The second kappa shape index (κ2) is 6.71. The molecule has 0 heterocycles. The van der Waals surface area contributed by atoms with Crippen molar-refractivity contribution in [3.8, 4) is 0 Å². The maximum Gasteiger partial charge on any atom is 0.306 e. The van der Waals surface area contributed by atoms with Crippen LogP contribution in [-0.2, 0) is 14.3 Å². The second-order valence-electron chi connectivity index (χ2n) is 9.12.